The number of rotatable bonds is 3. The van der Waals surface area contributed by atoms with Gasteiger partial charge in [-0.05, 0) is 56.6 Å². The third-order valence-electron chi connectivity index (χ3n) is 3.35. The van der Waals surface area contributed by atoms with Crippen molar-refractivity contribution in [3.05, 3.63) is 35.1 Å². The number of likely N-dealkylation sites (tertiary alicyclic amines) is 1. The molecule has 1 atom stereocenters. The fourth-order valence-electron chi connectivity index (χ4n) is 2.51. The number of amides is 1. The fourth-order valence-corrected chi connectivity index (χ4v) is 2.51. The van der Waals surface area contributed by atoms with Crippen molar-refractivity contribution in [1.82, 2.24) is 10.2 Å². The van der Waals surface area contributed by atoms with Crippen molar-refractivity contribution in [1.29, 1.82) is 0 Å². The molecule has 0 radical (unpaired) electrons. The molecule has 106 valence electrons. The summed E-state index contributed by atoms with van der Waals surface area (Å²) < 4.78 is 13.3. The van der Waals surface area contributed by atoms with Gasteiger partial charge in [0.25, 0.3) is 5.91 Å². The normalized spacial score (nSPS) is 18.3. The van der Waals surface area contributed by atoms with E-state index in [1.807, 2.05) is 11.9 Å². The molecule has 1 aliphatic rings. The minimum absolute atomic E-state index is 0. The van der Waals surface area contributed by atoms with Crippen LogP contribution < -0.4 is 5.32 Å². The summed E-state index contributed by atoms with van der Waals surface area (Å²) >= 11 is 0. The first-order valence-electron chi connectivity index (χ1n) is 6.31. The molecule has 0 aromatic heterocycles. The molecule has 1 saturated heterocycles. The summed E-state index contributed by atoms with van der Waals surface area (Å²) in [5, 5.41) is 3.13. The van der Waals surface area contributed by atoms with E-state index in [2.05, 4.69) is 5.32 Å². The number of nitrogens with zero attached hydrogens (tertiary/aromatic N) is 1. The van der Waals surface area contributed by atoms with Crippen LogP contribution in [0.2, 0.25) is 0 Å². The summed E-state index contributed by atoms with van der Waals surface area (Å²) in [6, 6.07) is 4.50. The molecule has 3 nitrogen and oxygen atoms in total. The Kier molecular flexibility index (Phi) is 5.76. The Bertz CT molecular complexity index is 433. The average molecular weight is 287 g/mol. The molecule has 2 rings (SSSR count). The average Bonchev–Trinajstić information content (AvgIpc) is 2.76. The van der Waals surface area contributed by atoms with E-state index in [4.69, 9.17) is 0 Å². The molecule has 0 bridgehead atoms. The molecular weight excluding hydrogens is 267 g/mol. The number of nitrogens with one attached hydrogen (secondary N) is 1. The maximum Gasteiger partial charge on any atom is 0.253 e. The lowest BCUT2D eigenvalue weighted by atomic mass is 10.1. The highest BCUT2D eigenvalue weighted by Crippen LogP contribution is 2.19. The first kappa shape index (κ1) is 15.9. The zero-order valence-corrected chi connectivity index (χ0v) is 12.1. The second kappa shape index (κ2) is 6.87. The number of halogens is 2. The molecular formula is C14H20ClFN2O. The summed E-state index contributed by atoms with van der Waals surface area (Å²) in [6.07, 6.45) is 1.01. The van der Waals surface area contributed by atoms with Gasteiger partial charge >= 0.3 is 0 Å². The van der Waals surface area contributed by atoms with Crippen molar-refractivity contribution in [2.75, 3.05) is 26.7 Å². The number of carbonyl (C=O) groups excluding carboxylic acids is 1. The van der Waals surface area contributed by atoms with Gasteiger partial charge in [-0.15, -0.1) is 12.4 Å². The third-order valence-corrected chi connectivity index (χ3v) is 3.35. The summed E-state index contributed by atoms with van der Waals surface area (Å²) in [7, 11) is 1.92. The van der Waals surface area contributed by atoms with Crippen molar-refractivity contribution in [2.24, 2.45) is 5.92 Å². The Labute approximate surface area is 119 Å². The van der Waals surface area contributed by atoms with Gasteiger partial charge in [-0.2, -0.15) is 0 Å². The minimum atomic E-state index is -0.343. The van der Waals surface area contributed by atoms with E-state index < -0.39 is 0 Å². The summed E-state index contributed by atoms with van der Waals surface area (Å²) in [6.45, 7) is 4.25. The molecule has 1 N–H and O–H groups in total. The third kappa shape index (κ3) is 3.91. The van der Waals surface area contributed by atoms with Gasteiger partial charge in [0.1, 0.15) is 5.82 Å². The molecule has 1 amide bonds. The summed E-state index contributed by atoms with van der Waals surface area (Å²) in [5.41, 5.74) is 1.24. The van der Waals surface area contributed by atoms with Gasteiger partial charge in [0.2, 0.25) is 0 Å². The van der Waals surface area contributed by atoms with Gasteiger partial charge in [0, 0.05) is 18.7 Å². The van der Waals surface area contributed by atoms with E-state index in [9.17, 15) is 9.18 Å². The SMILES string of the molecule is CNCC1CCN(C(=O)c2cc(C)cc(F)c2)C1.Cl. The maximum atomic E-state index is 13.3. The van der Waals surface area contributed by atoms with Crippen LogP contribution in [0.25, 0.3) is 0 Å². The van der Waals surface area contributed by atoms with Crippen LogP contribution >= 0.6 is 12.4 Å². The minimum Gasteiger partial charge on any atom is -0.338 e. The van der Waals surface area contributed by atoms with Crippen molar-refractivity contribution in [3.63, 3.8) is 0 Å². The molecule has 1 aliphatic heterocycles. The van der Waals surface area contributed by atoms with Crippen LogP contribution in [-0.2, 0) is 0 Å². The van der Waals surface area contributed by atoms with Crippen molar-refractivity contribution >= 4 is 18.3 Å². The summed E-state index contributed by atoms with van der Waals surface area (Å²) in [4.78, 5) is 14.1. The second-order valence-electron chi connectivity index (χ2n) is 4.98. The number of aryl methyl sites for hydroxylation is 1. The lowest BCUT2D eigenvalue weighted by Gasteiger charge is -2.17. The van der Waals surface area contributed by atoms with Crippen molar-refractivity contribution in [3.8, 4) is 0 Å². The van der Waals surface area contributed by atoms with E-state index in [1.165, 1.54) is 12.1 Å². The Balaban J connectivity index is 0.00000180. The Morgan fingerprint density at radius 3 is 2.84 bits per heavy atom. The van der Waals surface area contributed by atoms with Gasteiger partial charge in [-0.3, -0.25) is 4.79 Å². The maximum absolute atomic E-state index is 13.3. The molecule has 0 saturated carbocycles. The number of hydrogen-bond donors (Lipinski definition) is 1. The largest absolute Gasteiger partial charge is 0.338 e. The Hall–Kier alpha value is -1.13. The van der Waals surface area contributed by atoms with E-state index in [0.29, 0.717) is 11.5 Å². The highest BCUT2D eigenvalue weighted by Gasteiger charge is 2.26. The lowest BCUT2D eigenvalue weighted by Crippen LogP contribution is -2.30. The fraction of sp³-hybridized carbons (Fsp3) is 0.500. The van der Waals surface area contributed by atoms with Gasteiger partial charge < -0.3 is 10.2 Å². The first-order chi connectivity index (χ1) is 8.60. The highest BCUT2D eigenvalue weighted by molar-refractivity contribution is 5.94. The van der Waals surface area contributed by atoms with Crippen LogP contribution in [0.4, 0.5) is 4.39 Å². The predicted octanol–water partition coefficient (Wildman–Crippen LogP) is 2.24. The van der Waals surface area contributed by atoms with Crippen LogP contribution in [0.1, 0.15) is 22.3 Å². The van der Waals surface area contributed by atoms with Crippen LogP contribution in [0, 0.1) is 18.7 Å². The number of hydrogen-bond acceptors (Lipinski definition) is 2. The zero-order chi connectivity index (χ0) is 13.1. The number of carbonyl (C=O) groups is 1. The van der Waals surface area contributed by atoms with Crippen molar-refractivity contribution < 1.29 is 9.18 Å². The smallest absolute Gasteiger partial charge is 0.253 e. The molecule has 1 aromatic carbocycles. The van der Waals surface area contributed by atoms with E-state index in [-0.39, 0.29) is 24.1 Å². The van der Waals surface area contributed by atoms with E-state index in [1.54, 1.807) is 13.0 Å². The first-order valence-corrected chi connectivity index (χ1v) is 6.31. The predicted molar refractivity (Wildman–Crippen MR) is 76.3 cm³/mol. The van der Waals surface area contributed by atoms with Crippen LogP contribution in [0.5, 0.6) is 0 Å². The van der Waals surface area contributed by atoms with Crippen LogP contribution in [-0.4, -0.2) is 37.5 Å². The molecule has 0 spiro atoms. The topological polar surface area (TPSA) is 32.3 Å². The van der Waals surface area contributed by atoms with Gasteiger partial charge in [0.15, 0.2) is 0 Å². The van der Waals surface area contributed by atoms with Crippen LogP contribution in [0.3, 0.4) is 0 Å². The Morgan fingerprint density at radius 1 is 1.47 bits per heavy atom. The second-order valence-corrected chi connectivity index (χ2v) is 4.98. The molecule has 5 heteroatoms. The summed E-state index contributed by atoms with van der Waals surface area (Å²) in [5.74, 6) is 0.106. The molecule has 0 aliphatic carbocycles. The number of benzene rings is 1. The zero-order valence-electron chi connectivity index (χ0n) is 11.3. The van der Waals surface area contributed by atoms with Crippen LogP contribution in [0.15, 0.2) is 18.2 Å². The standard InChI is InChI=1S/C14H19FN2O.ClH/c1-10-5-12(7-13(15)6-10)14(18)17-4-3-11(9-17)8-16-2;/h5-7,11,16H,3-4,8-9H2,1-2H3;1H. The molecule has 1 fully saturated rings. The van der Waals surface area contributed by atoms with Gasteiger partial charge in [-0.25, -0.2) is 4.39 Å². The van der Waals surface area contributed by atoms with Crippen molar-refractivity contribution in [2.45, 2.75) is 13.3 Å². The molecule has 19 heavy (non-hydrogen) atoms. The molecule has 1 heterocycles. The molecule has 1 unspecified atom stereocenters. The Morgan fingerprint density at radius 2 is 2.21 bits per heavy atom. The highest BCUT2D eigenvalue weighted by atomic mass is 35.5. The lowest BCUT2D eigenvalue weighted by molar-refractivity contribution is 0.0786. The van der Waals surface area contributed by atoms with E-state index in [0.717, 1.165) is 31.6 Å². The quantitative estimate of drug-likeness (QED) is 0.924. The molecule has 1 aromatic rings. The van der Waals surface area contributed by atoms with Gasteiger partial charge in [0.05, 0.1) is 0 Å². The van der Waals surface area contributed by atoms with Gasteiger partial charge in [-0.1, -0.05) is 0 Å². The van der Waals surface area contributed by atoms with E-state index >= 15 is 0 Å². The monoisotopic (exact) mass is 286 g/mol.